The van der Waals surface area contributed by atoms with E-state index < -0.39 is 0 Å². The van der Waals surface area contributed by atoms with E-state index in [2.05, 4.69) is 21.2 Å². The molecule has 1 amide bonds. The van der Waals surface area contributed by atoms with Gasteiger partial charge in [-0.05, 0) is 43.2 Å². The van der Waals surface area contributed by atoms with Crippen LogP contribution in [-0.4, -0.2) is 35.1 Å². The van der Waals surface area contributed by atoms with Crippen LogP contribution in [0.5, 0.6) is 0 Å². The third kappa shape index (κ3) is 3.99. The van der Waals surface area contributed by atoms with Crippen molar-refractivity contribution in [2.45, 2.75) is 25.8 Å². The maximum atomic E-state index is 12.8. The highest BCUT2D eigenvalue weighted by Crippen LogP contribution is 2.20. The number of benzene rings is 1. The number of carbonyl (C=O) groups is 1. The number of ether oxygens (including phenoxy) is 1. The van der Waals surface area contributed by atoms with Gasteiger partial charge in [-0.3, -0.25) is 9.59 Å². The summed E-state index contributed by atoms with van der Waals surface area (Å²) in [4.78, 5) is 24.8. The Morgan fingerprint density at radius 2 is 2.04 bits per heavy atom. The first-order chi connectivity index (χ1) is 12.6. The van der Waals surface area contributed by atoms with E-state index in [1.54, 1.807) is 11.7 Å². The van der Waals surface area contributed by atoms with Gasteiger partial charge in [-0.2, -0.15) is 0 Å². The minimum absolute atomic E-state index is 0.00315. The molecule has 0 radical (unpaired) electrons. The Morgan fingerprint density at radius 1 is 1.19 bits per heavy atom. The molecule has 2 heterocycles. The van der Waals surface area contributed by atoms with E-state index in [1.807, 2.05) is 40.9 Å². The molecule has 0 spiro atoms. The fourth-order valence-electron chi connectivity index (χ4n) is 3.08. The quantitative estimate of drug-likeness (QED) is 0.570. The van der Waals surface area contributed by atoms with E-state index in [1.165, 1.54) is 0 Å². The standard InChI is InChI=1S/C19H22BrN3O3/c1-26-12-4-9-21-18(24)6-3-11-23-17-13-14(20)7-8-15(17)22-10-2-5-16(22)19(23)25/h2,5,7-8,10,13H,3-4,6,9,11-12H2,1H3,(H,21,24). The normalized spacial score (nSPS) is 11.3. The third-order valence-corrected chi connectivity index (χ3v) is 4.83. The van der Waals surface area contributed by atoms with Gasteiger partial charge in [-0.25, -0.2) is 0 Å². The van der Waals surface area contributed by atoms with Crippen molar-refractivity contribution < 1.29 is 9.53 Å². The number of aromatic nitrogens is 2. The molecule has 0 atom stereocenters. The summed E-state index contributed by atoms with van der Waals surface area (Å²) in [7, 11) is 1.64. The van der Waals surface area contributed by atoms with Crippen molar-refractivity contribution in [3.8, 4) is 0 Å². The second-order valence-electron chi connectivity index (χ2n) is 6.15. The van der Waals surface area contributed by atoms with Crippen molar-refractivity contribution in [2.24, 2.45) is 0 Å². The van der Waals surface area contributed by atoms with E-state index >= 15 is 0 Å². The second-order valence-corrected chi connectivity index (χ2v) is 7.07. The number of carbonyl (C=O) groups excluding carboxylic acids is 1. The van der Waals surface area contributed by atoms with Gasteiger partial charge >= 0.3 is 0 Å². The summed E-state index contributed by atoms with van der Waals surface area (Å²) >= 11 is 3.48. The predicted molar refractivity (Wildman–Crippen MR) is 106 cm³/mol. The number of rotatable bonds is 8. The topological polar surface area (TPSA) is 64.7 Å². The van der Waals surface area contributed by atoms with Crippen LogP contribution in [0.25, 0.3) is 16.6 Å². The first-order valence-corrected chi connectivity index (χ1v) is 9.46. The lowest BCUT2D eigenvalue weighted by Gasteiger charge is -2.13. The zero-order valence-corrected chi connectivity index (χ0v) is 16.3. The number of amides is 1. The largest absolute Gasteiger partial charge is 0.385 e. The molecule has 0 unspecified atom stereocenters. The molecule has 6 nitrogen and oxygen atoms in total. The number of fused-ring (bicyclic) bond motifs is 3. The smallest absolute Gasteiger partial charge is 0.275 e. The van der Waals surface area contributed by atoms with Gasteiger partial charge in [0, 0.05) is 43.9 Å². The zero-order chi connectivity index (χ0) is 18.5. The van der Waals surface area contributed by atoms with Gasteiger partial charge in [0.1, 0.15) is 5.52 Å². The minimum Gasteiger partial charge on any atom is -0.385 e. The maximum absolute atomic E-state index is 12.8. The Morgan fingerprint density at radius 3 is 2.85 bits per heavy atom. The summed E-state index contributed by atoms with van der Waals surface area (Å²) in [6.45, 7) is 1.74. The molecule has 0 saturated carbocycles. The van der Waals surface area contributed by atoms with Crippen LogP contribution < -0.4 is 10.9 Å². The van der Waals surface area contributed by atoms with Gasteiger partial charge < -0.3 is 19.0 Å². The van der Waals surface area contributed by atoms with Crippen molar-refractivity contribution >= 4 is 38.4 Å². The Bertz CT molecular complexity index is 977. The fourth-order valence-corrected chi connectivity index (χ4v) is 3.43. The van der Waals surface area contributed by atoms with Crippen LogP contribution in [0.4, 0.5) is 0 Å². The van der Waals surface area contributed by atoms with Gasteiger partial charge in [0.05, 0.1) is 11.0 Å². The Hall–Kier alpha value is -2.12. The lowest BCUT2D eigenvalue weighted by Crippen LogP contribution is -2.26. The molecule has 0 aliphatic carbocycles. The van der Waals surface area contributed by atoms with Crippen molar-refractivity contribution in [1.29, 1.82) is 0 Å². The van der Waals surface area contributed by atoms with Gasteiger partial charge in [0.15, 0.2) is 0 Å². The van der Waals surface area contributed by atoms with E-state index in [0.717, 1.165) is 21.9 Å². The molecule has 2 aromatic heterocycles. The number of hydrogen-bond donors (Lipinski definition) is 1. The molecule has 3 aromatic rings. The van der Waals surface area contributed by atoms with Crippen molar-refractivity contribution in [2.75, 3.05) is 20.3 Å². The van der Waals surface area contributed by atoms with Gasteiger partial charge in [-0.15, -0.1) is 0 Å². The number of nitrogens with one attached hydrogen (secondary N) is 1. The Labute approximate surface area is 159 Å². The number of halogens is 1. The van der Waals surface area contributed by atoms with Crippen LogP contribution in [0.3, 0.4) is 0 Å². The van der Waals surface area contributed by atoms with Gasteiger partial charge in [0.2, 0.25) is 5.91 Å². The Kier molecular flexibility index (Phi) is 6.11. The zero-order valence-electron chi connectivity index (χ0n) is 14.7. The number of nitrogens with zero attached hydrogens (tertiary/aromatic N) is 2. The summed E-state index contributed by atoms with van der Waals surface area (Å²) in [6.07, 6.45) is 3.69. The first-order valence-electron chi connectivity index (χ1n) is 8.66. The fraction of sp³-hybridized carbons (Fsp3) is 0.368. The predicted octanol–water partition coefficient (Wildman–Crippen LogP) is 2.95. The average Bonchev–Trinajstić information content (AvgIpc) is 3.11. The third-order valence-electron chi connectivity index (χ3n) is 4.33. The molecule has 1 N–H and O–H groups in total. The molecule has 3 rings (SSSR count). The molecule has 0 bridgehead atoms. The van der Waals surface area contributed by atoms with Crippen LogP contribution >= 0.6 is 15.9 Å². The number of aryl methyl sites for hydroxylation is 1. The lowest BCUT2D eigenvalue weighted by molar-refractivity contribution is -0.121. The second kappa shape index (κ2) is 8.51. The molecule has 138 valence electrons. The van der Waals surface area contributed by atoms with Crippen molar-refractivity contribution in [3.63, 3.8) is 0 Å². The summed E-state index contributed by atoms with van der Waals surface area (Å²) in [6, 6.07) is 9.59. The summed E-state index contributed by atoms with van der Waals surface area (Å²) in [5.41, 5.74) is 2.43. The van der Waals surface area contributed by atoms with Crippen LogP contribution in [0.1, 0.15) is 19.3 Å². The van der Waals surface area contributed by atoms with Crippen LogP contribution in [0, 0.1) is 0 Å². The molecule has 0 fully saturated rings. The molecular weight excluding hydrogens is 398 g/mol. The highest BCUT2D eigenvalue weighted by atomic mass is 79.9. The highest BCUT2D eigenvalue weighted by molar-refractivity contribution is 9.10. The van der Waals surface area contributed by atoms with E-state index in [4.69, 9.17) is 4.74 Å². The molecule has 7 heteroatoms. The lowest BCUT2D eigenvalue weighted by atomic mass is 10.2. The highest BCUT2D eigenvalue weighted by Gasteiger charge is 2.11. The van der Waals surface area contributed by atoms with Gasteiger partial charge in [0.25, 0.3) is 5.56 Å². The van der Waals surface area contributed by atoms with Crippen molar-refractivity contribution in [1.82, 2.24) is 14.3 Å². The molecule has 0 aliphatic rings. The summed E-state index contributed by atoms with van der Waals surface area (Å²) in [5, 5.41) is 2.87. The minimum atomic E-state index is -0.0406. The Balaban J connectivity index is 1.76. The molecular formula is C19H22BrN3O3. The number of hydrogen-bond acceptors (Lipinski definition) is 3. The average molecular weight is 420 g/mol. The molecule has 0 aliphatic heterocycles. The van der Waals surface area contributed by atoms with E-state index in [9.17, 15) is 9.59 Å². The SMILES string of the molecule is COCCCNC(=O)CCCn1c(=O)c2cccn2c2ccc(Br)cc21. The summed E-state index contributed by atoms with van der Waals surface area (Å²) < 4.78 is 9.54. The van der Waals surface area contributed by atoms with Crippen molar-refractivity contribution in [3.05, 3.63) is 51.4 Å². The first kappa shape index (κ1) is 18.7. The van der Waals surface area contributed by atoms with E-state index in [0.29, 0.717) is 38.1 Å². The van der Waals surface area contributed by atoms with Crippen LogP contribution in [-0.2, 0) is 16.1 Å². The van der Waals surface area contributed by atoms with Crippen LogP contribution in [0.2, 0.25) is 0 Å². The van der Waals surface area contributed by atoms with Gasteiger partial charge in [-0.1, -0.05) is 15.9 Å². The maximum Gasteiger partial charge on any atom is 0.275 e. The molecule has 0 saturated heterocycles. The van der Waals surface area contributed by atoms with E-state index in [-0.39, 0.29) is 11.5 Å². The molecule has 26 heavy (non-hydrogen) atoms. The molecule has 1 aromatic carbocycles. The summed E-state index contributed by atoms with van der Waals surface area (Å²) in [5.74, 6) is 0.00315. The van der Waals surface area contributed by atoms with Crippen LogP contribution in [0.15, 0.2) is 45.8 Å². The number of methoxy groups -OCH3 is 1. The monoisotopic (exact) mass is 419 g/mol.